The van der Waals surface area contributed by atoms with Crippen molar-refractivity contribution in [3.05, 3.63) is 21.4 Å². The molecule has 1 amide bonds. The van der Waals surface area contributed by atoms with Gasteiger partial charge in [0, 0.05) is 18.0 Å². The van der Waals surface area contributed by atoms with Crippen LogP contribution in [0.4, 0.5) is 0 Å². The molecule has 0 radical (unpaired) electrons. The molecule has 2 heterocycles. The van der Waals surface area contributed by atoms with Crippen molar-refractivity contribution in [2.24, 2.45) is 5.92 Å². The molecular formula is C15H21NOS. The molecule has 0 bridgehead atoms. The van der Waals surface area contributed by atoms with Crippen molar-refractivity contribution in [3.8, 4) is 0 Å². The zero-order valence-electron chi connectivity index (χ0n) is 11.1. The highest BCUT2D eigenvalue weighted by molar-refractivity contribution is 7.14. The zero-order valence-corrected chi connectivity index (χ0v) is 11.9. The summed E-state index contributed by atoms with van der Waals surface area (Å²) in [5, 5.41) is 0. The van der Waals surface area contributed by atoms with E-state index in [2.05, 4.69) is 13.0 Å². The molecule has 18 heavy (non-hydrogen) atoms. The minimum atomic E-state index is 0.279. The van der Waals surface area contributed by atoms with Crippen molar-refractivity contribution in [1.29, 1.82) is 0 Å². The molecule has 0 aromatic carbocycles. The summed E-state index contributed by atoms with van der Waals surface area (Å²) in [6.07, 6.45) is 7.25. The molecule has 1 aliphatic carbocycles. The maximum atomic E-state index is 12.4. The van der Waals surface area contributed by atoms with Crippen LogP contribution in [0.25, 0.3) is 0 Å². The molecule has 0 N–H and O–H groups in total. The summed E-state index contributed by atoms with van der Waals surface area (Å²) in [6, 6.07) is 2.17. The number of carbonyl (C=O) groups is 1. The standard InChI is InChI=1S/C15H21NOS/c1-11-5-6-13-12(9-11)10-14(18-13)15(17)16-7-3-2-4-8-16/h10-11H,2-9H2,1H3. The van der Waals surface area contributed by atoms with E-state index in [0.29, 0.717) is 0 Å². The maximum Gasteiger partial charge on any atom is 0.263 e. The number of rotatable bonds is 1. The number of likely N-dealkylation sites (tertiary alicyclic amines) is 1. The highest BCUT2D eigenvalue weighted by Gasteiger charge is 2.24. The lowest BCUT2D eigenvalue weighted by atomic mass is 9.90. The summed E-state index contributed by atoms with van der Waals surface area (Å²) in [7, 11) is 0. The summed E-state index contributed by atoms with van der Waals surface area (Å²) < 4.78 is 0. The third-order valence-electron chi connectivity index (χ3n) is 4.18. The lowest BCUT2D eigenvalue weighted by Gasteiger charge is -2.26. The van der Waals surface area contributed by atoms with Gasteiger partial charge in [0.05, 0.1) is 4.88 Å². The van der Waals surface area contributed by atoms with Crippen LogP contribution in [0.2, 0.25) is 0 Å². The van der Waals surface area contributed by atoms with E-state index < -0.39 is 0 Å². The molecule has 1 aliphatic heterocycles. The van der Waals surface area contributed by atoms with Crippen molar-refractivity contribution < 1.29 is 4.79 Å². The maximum absolute atomic E-state index is 12.4. The van der Waals surface area contributed by atoms with Crippen LogP contribution in [0, 0.1) is 5.92 Å². The predicted molar refractivity (Wildman–Crippen MR) is 75.3 cm³/mol. The molecule has 1 saturated heterocycles. The Bertz CT molecular complexity index is 445. The van der Waals surface area contributed by atoms with E-state index in [4.69, 9.17) is 0 Å². The van der Waals surface area contributed by atoms with E-state index in [-0.39, 0.29) is 5.91 Å². The molecule has 0 spiro atoms. The summed E-state index contributed by atoms with van der Waals surface area (Å²) in [6.45, 7) is 4.22. The van der Waals surface area contributed by atoms with E-state index in [1.807, 2.05) is 4.90 Å². The van der Waals surface area contributed by atoms with Gasteiger partial charge in [0.15, 0.2) is 0 Å². The average Bonchev–Trinajstić information content (AvgIpc) is 2.81. The Balaban J connectivity index is 1.78. The van der Waals surface area contributed by atoms with Gasteiger partial charge in [-0.1, -0.05) is 6.92 Å². The van der Waals surface area contributed by atoms with E-state index in [0.717, 1.165) is 23.9 Å². The van der Waals surface area contributed by atoms with E-state index in [1.54, 1.807) is 11.3 Å². The molecule has 1 atom stereocenters. The topological polar surface area (TPSA) is 20.3 Å². The smallest absolute Gasteiger partial charge is 0.263 e. The highest BCUT2D eigenvalue weighted by Crippen LogP contribution is 2.33. The quantitative estimate of drug-likeness (QED) is 0.759. The van der Waals surface area contributed by atoms with Crippen LogP contribution in [0.5, 0.6) is 0 Å². The number of fused-ring (bicyclic) bond motifs is 1. The second-order valence-electron chi connectivity index (χ2n) is 5.76. The number of nitrogens with zero attached hydrogens (tertiary/aromatic N) is 1. The first-order valence-corrected chi connectivity index (χ1v) is 7.96. The fourth-order valence-electron chi connectivity index (χ4n) is 3.06. The van der Waals surface area contributed by atoms with Gasteiger partial charge >= 0.3 is 0 Å². The highest BCUT2D eigenvalue weighted by atomic mass is 32.1. The number of hydrogen-bond acceptors (Lipinski definition) is 2. The van der Waals surface area contributed by atoms with Crippen LogP contribution < -0.4 is 0 Å². The minimum Gasteiger partial charge on any atom is -0.338 e. The molecular weight excluding hydrogens is 242 g/mol. The molecule has 1 aromatic heterocycles. The Morgan fingerprint density at radius 1 is 1.33 bits per heavy atom. The van der Waals surface area contributed by atoms with Crippen molar-refractivity contribution in [2.45, 2.75) is 45.4 Å². The van der Waals surface area contributed by atoms with Crippen LogP contribution in [0.15, 0.2) is 6.07 Å². The predicted octanol–water partition coefficient (Wildman–Crippen LogP) is 3.50. The number of aryl methyl sites for hydroxylation is 1. The van der Waals surface area contributed by atoms with Crippen molar-refractivity contribution >= 4 is 17.2 Å². The fourth-order valence-corrected chi connectivity index (χ4v) is 4.24. The molecule has 1 unspecified atom stereocenters. The van der Waals surface area contributed by atoms with Gasteiger partial charge in [-0.3, -0.25) is 4.79 Å². The zero-order chi connectivity index (χ0) is 12.5. The van der Waals surface area contributed by atoms with Crippen molar-refractivity contribution in [2.75, 3.05) is 13.1 Å². The first-order chi connectivity index (χ1) is 8.74. The Hall–Kier alpha value is -0.830. The van der Waals surface area contributed by atoms with Gasteiger partial charge in [-0.2, -0.15) is 0 Å². The van der Waals surface area contributed by atoms with Gasteiger partial charge in [0.2, 0.25) is 0 Å². The second kappa shape index (κ2) is 5.04. The molecule has 3 rings (SSSR count). The summed E-state index contributed by atoms with van der Waals surface area (Å²) >= 11 is 1.75. The van der Waals surface area contributed by atoms with Crippen LogP contribution in [0.3, 0.4) is 0 Å². The molecule has 1 fully saturated rings. The second-order valence-corrected chi connectivity index (χ2v) is 6.90. The van der Waals surface area contributed by atoms with Gasteiger partial charge in [0.1, 0.15) is 0 Å². The van der Waals surface area contributed by atoms with Crippen LogP contribution in [0.1, 0.15) is 52.7 Å². The van der Waals surface area contributed by atoms with Gasteiger partial charge in [-0.15, -0.1) is 11.3 Å². The lowest BCUT2D eigenvalue weighted by molar-refractivity contribution is 0.0729. The lowest BCUT2D eigenvalue weighted by Crippen LogP contribution is -2.35. The van der Waals surface area contributed by atoms with E-state index in [9.17, 15) is 4.79 Å². The third kappa shape index (κ3) is 2.33. The molecule has 2 nitrogen and oxygen atoms in total. The van der Waals surface area contributed by atoms with E-state index >= 15 is 0 Å². The SMILES string of the molecule is CC1CCc2sc(C(=O)N3CCCCC3)cc2C1. The van der Waals surface area contributed by atoms with Crippen LogP contribution in [-0.2, 0) is 12.8 Å². The largest absolute Gasteiger partial charge is 0.338 e. The number of thiophene rings is 1. The van der Waals surface area contributed by atoms with Gasteiger partial charge in [0.25, 0.3) is 5.91 Å². The first-order valence-electron chi connectivity index (χ1n) is 7.15. The molecule has 0 saturated carbocycles. The van der Waals surface area contributed by atoms with Gasteiger partial charge in [-0.25, -0.2) is 0 Å². The summed E-state index contributed by atoms with van der Waals surface area (Å²) in [4.78, 5) is 16.9. The Labute approximate surface area is 113 Å². The third-order valence-corrected chi connectivity index (χ3v) is 5.41. The van der Waals surface area contributed by atoms with Gasteiger partial charge in [-0.05, 0) is 56.1 Å². The molecule has 1 aromatic rings. The number of hydrogen-bond donors (Lipinski definition) is 0. The molecule has 3 heteroatoms. The fraction of sp³-hybridized carbons (Fsp3) is 0.667. The van der Waals surface area contributed by atoms with Crippen LogP contribution in [-0.4, -0.2) is 23.9 Å². The minimum absolute atomic E-state index is 0.279. The normalized spacial score (nSPS) is 23.8. The first kappa shape index (κ1) is 12.2. The number of amides is 1. The Morgan fingerprint density at radius 2 is 2.11 bits per heavy atom. The molecule has 98 valence electrons. The monoisotopic (exact) mass is 263 g/mol. The Kier molecular flexibility index (Phi) is 3.42. The number of carbonyl (C=O) groups excluding carboxylic acids is 1. The van der Waals surface area contributed by atoms with E-state index in [1.165, 1.54) is 49.0 Å². The average molecular weight is 263 g/mol. The summed E-state index contributed by atoms with van der Waals surface area (Å²) in [5.74, 6) is 1.06. The molecule has 2 aliphatic rings. The Morgan fingerprint density at radius 3 is 2.89 bits per heavy atom. The summed E-state index contributed by atoms with van der Waals surface area (Å²) in [5.41, 5.74) is 1.44. The number of piperidine rings is 1. The van der Waals surface area contributed by atoms with Crippen molar-refractivity contribution in [3.63, 3.8) is 0 Å². The van der Waals surface area contributed by atoms with Crippen LogP contribution >= 0.6 is 11.3 Å². The van der Waals surface area contributed by atoms with Crippen molar-refractivity contribution in [1.82, 2.24) is 4.90 Å². The van der Waals surface area contributed by atoms with Gasteiger partial charge < -0.3 is 4.90 Å².